The van der Waals surface area contributed by atoms with Gasteiger partial charge in [-0.15, -0.1) is 0 Å². The van der Waals surface area contributed by atoms with Crippen molar-refractivity contribution in [3.05, 3.63) is 59.7 Å². The predicted molar refractivity (Wildman–Crippen MR) is 147 cm³/mol. The Kier molecular flexibility index (Phi) is 7.45. The molecule has 7 rings (SSSR count). The lowest BCUT2D eigenvalue weighted by atomic mass is 9.48. The molecule has 0 radical (unpaired) electrons. The normalized spacial score (nSPS) is 29.4. The van der Waals surface area contributed by atoms with Crippen molar-refractivity contribution < 1.29 is 29.0 Å². The molecular weight excluding hydrogens is 494 g/mol. The van der Waals surface area contributed by atoms with Gasteiger partial charge in [0.15, 0.2) is 12.9 Å². The number of carbonyl (C=O) groups excluding carboxylic acids is 1. The van der Waals surface area contributed by atoms with Gasteiger partial charge in [0.2, 0.25) is 0 Å². The molecular formula is C32H37NO6. The van der Waals surface area contributed by atoms with E-state index >= 15 is 0 Å². The number of aliphatic carboxylic acids is 1. The van der Waals surface area contributed by atoms with Crippen LogP contribution < -0.4 is 10.2 Å². The van der Waals surface area contributed by atoms with Crippen molar-refractivity contribution in [1.82, 2.24) is 5.48 Å². The fraction of sp³-hybridized carbons (Fsp3) is 0.500. The number of hydroxylamine groups is 1. The maximum atomic E-state index is 12.6. The van der Waals surface area contributed by atoms with Crippen molar-refractivity contribution in [1.29, 1.82) is 0 Å². The van der Waals surface area contributed by atoms with Crippen LogP contribution in [-0.2, 0) is 24.6 Å². The zero-order valence-electron chi connectivity index (χ0n) is 22.3. The largest absolute Gasteiger partial charge is 0.483 e. The van der Waals surface area contributed by atoms with E-state index in [1.54, 1.807) is 6.08 Å². The number of hydrogen-bond donors (Lipinski definition) is 2. The molecule has 1 aliphatic heterocycles. The Morgan fingerprint density at radius 3 is 2.31 bits per heavy atom. The molecule has 1 saturated heterocycles. The van der Waals surface area contributed by atoms with Crippen LogP contribution in [0, 0.1) is 17.8 Å². The number of carboxylic acid groups (broad SMARTS) is 1. The molecule has 0 spiro atoms. The van der Waals surface area contributed by atoms with Crippen molar-refractivity contribution in [3.63, 3.8) is 0 Å². The number of carboxylic acids is 1. The van der Waals surface area contributed by atoms with E-state index in [0.29, 0.717) is 6.61 Å². The van der Waals surface area contributed by atoms with E-state index in [1.807, 2.05) is 36.4 Å². The van der Waals surface area contributed by atoms with Crippen LogP contribution in [-0.4, -0.2) is 36.5 Å². The van der Waals surface area contributed by atoms with Crippen molar-refractivity contribution in [2.45, 2.75) is 69.5 Å². The van der Waals surface area contributed by atoms with Crippen LogP contribution in [0.25, 0.3) is 17.2 Å². The van der Waals surface area contributed by atoms with Gasteiger partial charge in [-0.05, 0) is 109 Å². The molecule has 0 aromatic heterocycles. The van der Waals surface area contributed by atoms with Gasteiger partial charge < -0.3 is 14.6 Å². The molecule has 39 heavy (non-hydrogen) atoms. The molecule has 1 amide bonds. The summed E-state index contributed by atoms with van der Waals surface area (Å²) in [6.07, 6.45) is 12.8. The van der Waals surface area contributed by atoms with Crippen molar-refractivity contribution in [2.24, 2.45) is 17.8 Å². The van der Waals surface area contributed by atoms with Crippen LogP contribution in [0.1, 0.15) is 68.9 Å². The second-order valence-corrected chi connectivity index (χ2v) is 11.9. The Bertz CT molecular complexity index is 1190. The minimum absolute atomic E-state index is 0.0904. The Labute approximate surface area is 229 Å². The fourth-order valence-corrected chi connectivity index (χ4v) is 7.75. The molecule has 2 aromatic carbocycles. The molecule has 4 bridgehead atoms. The van der Waals surface area contributed by atoms with Gasteiger partial charge in [0.05, 0.1) is 0 Å². The maximum absolute atomic E-state index is 12.6. The van der Waals surface area contributed by atoms with Gasteiger partial charge in [-0.3, -0.25) is 4.79 Å². The Morgan fingerprint density at radius 1 is 0.974 bits per heavy atom. The van der Waals surface area contributed by atoms with Crippen molar-refractivity contribution in [2.75, 3.05) is 13.2 Å². The highest BCUT2D eigenvalue weighted by Crippen LogP contribution is 2.62. The molecule has 2 N–H and O–H groups in total. The molecule has 2 aromatic rings. The number of ether oxygens (including phenoxy) is 2. The van der Waals surface area contributed by atoms with Crippen LogP contribution in [0.4, 0.5) is 0 Å². The molecule has 7 nitrogen and oxygen atoms in total. The van der Waals surface area contributed by atoms with E-state index in [-0.39, 0.29) is 17.9 Å². The fourth-order valence-electron chi connectivity index (χ4n) is 7.75. The van der Waals surface area contributed by atoms with E-state index in [9.17, 15) is 9.59 Å². The third-order valence-electron chi connectivity index (χ3n) is 9.05. The number of hydrogen-bond acceptors (Lipinski definition) is 5. The standard InChI is InChI=1S/C32H37NO6/c34-29(33-39-31-3-1-2-12-37-31)20-38-28-10-9-26(25-7-4-21(5-8-25)6-11-30(35)36)16-27(28)32-17-22-13-23(18-32)15-24(14-22)19-32/h4-11,16,22-24,31H,1-3,12-15,17-20H2,(H,33,34)(H,35,36)/b11-6+. The number of carbonyl (C=O) groups is 2. The smallest absolute Gasteiger partial charge is 0.328 e. The van der Waals surface area contributed by atoms with Crippen LogP contribution >= 0.6 is 0 Å². The van der Waals surface area contributed by atoms with E-state index in [2.05, 4.69) is 11.5 Å². The highest BCUT2D eigenvalue weighted by molar-refractivity contribution is 5.85. The lowest BCUT2D eigenvalue weighted by Crippen LogP contribution is -2.48. The van der Waals surface area contributed by atoms with Gasteiger partial charge in [-0.25, -0.2) is 15.1 Å². The van der Waals surface area contributed by atoms with Gasteiger partial charge in [-0.2, -0.15) is 0 Å². The summed E-state index contributed by atoms with van der Waals surface area (Å²) < 4.78 is 11.7. The molecule has 4 aliphatic carbocycles. The lowest BCUT2D eigenvalue weighted by Gasteiger charge is -2.57. The zero-order chi connectivity index (χ0) is 26.8. The highest BCUT2D eigenvalue weighted by Gasteiger charge is 2.52. The summed E-state index contributed by atoms with van der Waals surface area (Å²) >= 11 is 0. The molecule has 1 heterocycles. The number of benzene rings is 2. The maximum Gasteiger partial charge on any atom is 0.328 e. The second-order valence-electron chi connectivity index (χ2n) is 11.9. The average molecular weight is 532 g/mol. The first-order valence-corrected chi connectivity index (χ1v) is 14.3. The molecule has 1 unspecified atom stereocenters. The molecule has 206 valence electrons. The highest BCUT2D eigenvalue weighted by atomic mass is 16.8. The van der Waals surface area contributed by atoms with E-state index in [0.717, 1.165) is 65.5 Å². The van der Waals surface area contributed by atoms with E-state index in [4.69, 9.17) is 19.4 Å². The van der Waals surface area contributed by atoms with Gasteiger partial charge in [-0.1, -0.05) is 30.3 Å². The number of nitrogens with one attached hydrogen (secondary N) is 1. The van der Waals surface area contributed by atoms with Gasteiger partial charge in [0, 0.05) is 24.7 Å². The molecule has 5 aliphatic rings. The molecule has 1 atom stereocenters. The Morgan fingerprint density at radius 2 is 1.67 bits per heavy atom. The van der Waals surface area contributed by atoms with Gasteiger partial charge in [0.25, 0.3) is 5.91 Å². The summed E-state index contributed by atoms with van der Waals surface area (Å²) in [7, 11) is 0. The summed E-state index contributed by atoms with van der Waals surface area (Å²) in [5, 5.41) is 8.91. The summed E-state index contributed by atoms with van der Waals surface area (Å²) in [4.78, 5) is 28.9. The lowest BCUT2D eigenvalue weighted by molar-refractivity contribution is -0.201. The average Bonchev–Trinajstić information content (AvgIpc) is 2.94. The van der Waals surface area contributed by atoms with Crippen LogP contribution in [0.15, 0.2) is 48.5 Å². The zero-order valence-corrected chi connectivity index (χ0v) is 22.3. The first-order chi connectivity index (χ1) is 19.0. The Hall–Kier alpha value is -3.16. The third-order valence-corrected chi connectivity index (χ3v) is 9.05. The molecule has 7 heteroatoms. The van der Waals surface area contributed by atoms with Crippen LogP contribution in [0.2, 0.25) is 0 Å². The third kappa shape index (κ3) is 5.89. The van der Waals surface area contributed by atoms with E-state index < -0.39 is 12.3 Å². The topological polar surface area (TPSA) is 94.1 Å². The van der Waals surface area contributed by atoms with Crippen molar-refractivity contribution >= 4 is 18.0 Å². The quantitative estimate of drug-likeness (QED) is 0.310. The van der Waals surface area contributed by atoms with E-state index in [1.165, 1.54) is 44.1 Å². The summed E-state index contributed by atoms with van der Waals surface area (Å²) in [6.45, 7) is 0.537. The van der Waals surface area contributed by atoms with Gasteiger partial charge >= 0.3 is 5.97 Å². The first-order valence-electron chi connectivity index (χ1n) is 14.3. The molecule has 4 saturated carbocycles. The Balaban J connectivity index is 1.23. The van der Waals surface area contributed by atoms with Gasteiger partial charge in [0.1, 0.15) is 5.75 Å². The summed E-state index contributed by atoms with van der Waals surface area (Å²) in [5.74, 6) is 1.83. The summed E-state index contributed by atoms with van der Waals surface area (Å²) in [6, 6.07) is 14.3. The SMILES string of the molecule is O=C(O)/C=C/c1ccc(-c2ccc(OCC(=O)NOC3CCCCO3)c(C34CC5CC(CC(C5)C3)C4)c2)cc1. The first kappa shape index (κ1) is 26.1. The predicted octanol–water partition coefficient (Wildman–Crippen LogP) is 5.87. The van der Waals surface area contributed by atoms with Crippen LogP contribution in [0.5, 0.6) is 5.75 Å². The monoisotopic (exact) mass is 531 g/mol. The summed E-state index contributed by atoms with van der Waals surface area (Å²) in [5.41, 5.74) is 6.83. The second kappa shape index (κ2) is 11.1. The molecule has 5 fully saturated rings. The van der Waals surface area contributed by atoms with Crippen LogP contribution in [0.3, 0.4) is 0 Å². The van der Waals surface area contributed by atoms with Crippen molar-refractivity contribution in [3.8, 4) is 16.9 Å². The number of rotatable bonds is 9. The minimum Gasteiger partial charge on any atom is -0.483 e. The number of amides is 1. The minimum atomic E-state index is -0.961.